The zero-order valence-corrected chi connectivity index (χ0v) is 16.8. The van der Waals surface area contributed by atoms with Crippen LogP contribution < -0.4 is 0 Å². The topological polar surface area (TPSA) is 46.5 Å². The molecule has 0 radical (unpaired) electrons. The Bertz CT molecular complexity index is 543. The van der Waals surface area contributed by atoms with E-state index in [1.165, 1.54) is 4.90 Å². The Labute approximate surface area is 153 Å². The van der Waals surface area contributed by atoms with Crippen molar-refractivity contribution in [3.8, 4) is 0 Å². The second-order valence-corrected chi connectivity index (χ2v) is 10.1. The molecule has 1 aromatic rings. The van der Waals surface area contributed by atoms with Crippen LogP contribution in [0.2, 0.25) is 0 Å². The fourth-order valence-corrected chi connectivity index (χ4v) is 4.01. The molecule has 0 unspecified atom stereocenters. The quantitative estimate of drug-likeness (QED) is 0.379. The third-order valence-corrected chi connectivity index (χ3v) is 6.30. The van der Waals surface area contributed by atoms with Gasteiger partial charge in [0.1, 0.15) is 5.60 Å². The molecule has 134 valence electrons. The number of aliphatic hydroxyl groups excluding tert-OH is 1. The highest BCUT2D eigenvalue weighted by Gasteiger charge is 2.18. The number of ether oxygens (including phenoxy) is 1. The van der Waals surface area contributed by atoms with E-state index in [4.69, 9.17) is 9.84 Å². The molecule has 0 heterocycles. The lowest BCUT2D eigenvalue weighted by molar-refractivity contribution is -0.153. The van der Waals surface area contributed by atoms with Crippen molar-refractivity contribution in [3.05, 3.63) is 42.0 Å². The Kier molecular flexibility index (Phi) is 8.40. The van der Waals surface area contributed by atoms with Gasteiger partial charge in [-0.3, -0.25) is 4.79 Å². The van der Waals surface area contributed by atoms with Crippen LogP contribution in [-0.2, 0) is 16.1 Å². The summed E-state index contributed by atoms with van der Waals surface area (Å²) in [4.78, 5) is 12.8. The molecule has 0 fully saturated rings. The molecular weight excluding hydrogens is 340 g/mol. The number of allylic oxidation sites excluding steroid dienone is 1. The van der Waals surface area contributed by atoms with Gasteiger partial charge < -0.3 is 9.84 Å². The predicted octanol–water partition coefficient (Wildman–Crippen LogP) is 5.38. The molecule has 0 aromatic heterocycles. The number of aliphatic hydroxyl groups is 1. The third kappa shape index (κ3) is 9.40. The Morgan fingerprint density at radius 2 is 1.75 bits per heavy atom. The molecule has 0 saturated carbocycles. The molecule has 0 amide bonds. The van der Waals surface area contributed by atoms with E-state index in [2.05, 4.69) is 13.8 Å². The van der Waals surface area contributed by atoms with Gasteiger partial charge in [0.25, 0.3) is 0 Å². The number of rotatable bonds is 8. The van der Waals surface area contributed by atoms with Crippen molar-refractivity contribution in [3.63, 3.8) is 0 Å². The Hall–Kier alpha value is -0.910. The normalized spacial score (nSPS) is 12.6. The van der Waals surface area contributed by atoms with Gasteiger partial charge >= 0.3 is 5.97 Å². The van der Waals surface area contributed by atoms with Gasteiger partial charge in [0.05, 0.1) is 13.0 Å². The number of benzene rings is 1. The zero-order chi connectivity index (χ0) is 18.2. The van der Waals surface area contributed by atoms with Gasteiger partial charge in [0, 0.05) is 9.64 Å². The molecule has 1 aromatic carbocycles. The number of hydrogen-bond donors (Lipinski definition) is 1. The number of carbonyl (C=O) groups excluding carboxylic acids is 1. The lowest BCUT2D eigenvalue weighted by atomic mass is 10.1. The van der Waals surface area contributed by atoms with Crippen molar-refractivity contribution in [1.29, 1.82) is 0 Å². The monoisotopic (exact) mass is 368 g/mol. The summed E-state index contributed by atoms with van der Waals surface area (Å²) in [6.07, 6.45) is 5.12. The Balaban J connectivity index is 2.37. The Morgan fingerprint density at radius 1 is 1.12 bits per heavy atom. The summed E-state index contributed by atoms with van der Waals surface area (Å²) in [7, 11) is 3.53. The molecule has 0 saturated heterocycles. The molecule has 0 aliphatic heterocycles. The molecule has 1 N–H and O–H groups in total. The SMILES string of the molecule is CC(C)(C)OC(=O)C/C=C/CC(C)(C)SSc1ccc(CO)cc1. The molecule has 0 aliphatic rings. The molecule has 24 heavy (non-hydrogen) atoms. The average molecular weight is 369 g/mol. The second kappa shape index (κ2) is 9.54. The lowest BCUT2D eigenvalue weighted by Crippen LogP contribution is -2.23. The zero-order valence-electron chi connectivity index (χ0n) is 15.2. The summed E-state index contributed by atoms with van der Waals surface area (Å²) < 4.78 is 5.34. The van der Waals surface area contributed by atoms with Crippen LogP contribution in [0.4, 0.5) is 0 Å². The minimum absolute atomic E-state index is 0.0603. The highest BCUT2D eigenvalue weighted by Crippen LogP contribution is 2.42. The molecule has 1 rings (SSSR count). The number of esters is 1. The van der Waals surface area contributed by atoms with Gasteiger partial charge in [-0.15, -0.1) is 0 Å². The van der Waals surface area contributed by atoms with Crippen LogP contribution in [0.1, 0.15) is 53.0 Å². The van der Waals surface area contributed by atoms with E-state index >= 15 is 0 Å². The van der Waals surface area contributed by atoms with E-state index in [-0.39, 0.29) is 17.3 Å². The van der Waals surface area contributed by atoms with Crippen molar-refractivity contribution >= 4 is 27.6 Å². The van der Waals surface area contributed by atoms with Gasteiger partial charge in [-0.1, -0.05) is 45.9 Å². The number of hydrogen-bond acceptors (Lipinski definition) is 5. The van der Waals surface area contributed by atoms with Gasteiger partial charge in [0.2, 0.25) is 0 Å². The van der Waals surface area contributed by atoms with E-state index in [1.807, 2.05) is 57.2 Å². The van der Waals surface area contributed by atoms with Crippen molar-refractivity contribution < 1.29 is 14.6 Å². The molecule has 0 spiro atoms. The standard InChI is InChI=1S/C19H28O3S2/c1-18(2,3)22-17(21)8-6-7-13-19(4,5)24-23-16-11-9-15(14-20)10-12-16/h6-7,9-12,20H,8,13-14H2,1-5H3/b7-6+. The van der Waals surface area contributed by atoms with Crippen LogP contribution in [0.25, 0.3) is 0 Å². The summed E-state index contributed by atoms with van der Waals surface area (Å²) in [6, 6.07) is 7.93. The first-order valence-electron chi connectivity index (χ1n) is 8.04. The highest BCUT2D eigenvalue weighted by molar-refractivity contribution is 8.77. The van der Waals surface area contributed by atoms with E-state index in [0.717, 1.165) is 12.0 Å². The largest absolute Gasteiger partial charge is 0.460 e. The van der Waals surface area contributed by atoms with E-state index in [1.54, 1.807) is 21.6 Å². The van der Waals surface area contributed by atoms with Gasteiger partial charge in [-0.05, 0) is 58.7 Å². The predicted molar refractivity (Wildman–Crippen MR) is 104 cm³/mol. The van der Waals surface area contributed by atoms with E-state index in [9.17, 15) is 4.79 Å². The molecule has 0 bridgehead atoms. The maximum Gasteiger partial charge on any atom is 0.310 e. The van der Waals surface area contributed by atoms with Crippen LogP contribution in [0.15, 0.2) is 41.3 Å². The number of carbonyl (C=O) groups is 1. The van der Waals surface area contributed by atoms with Gasteiger partial charge in [0.15, 0.2) is 0 Å². The van der Waals surface area contributed by atoms with Crippen LogP contribution in [-0.4, -0.2) is 21.4 Å². The molecule has 0 atom stereocenters. The minimum atomic E-state index is -0.428. The maximum absolute atomic E-state index is 11.6. The van der Waals surface area contributed by atoms with Crippen molar-refractivity contribution in [2.75, 3.05) is 0 Å². The minimum Gasteiger partial charge on any atom is -0.460 e. The van der Waals surface area contributed by atoms with Crippen LogP contribution >= 0.6 is 21.6 Å². The first-order chi connectivity index (χ1) is 11.1. The summed E-state index contributed by atoms with van der Waals surface area (Å²) in [5, 5.41) is 9.06. The summed E-state index contributed by atoms with van der Waals surface area (Å²) in [5.74, 6) is -0.192. The first kappa shape index (κ1) is 21.1. The van der Waals surface area contributed by atoms with Crippen molar-refractivity contribution in [2.24, 2.45) is 0 Å². The summed E-state index contributed by atoms with van der Waals surface area (Å²) in [5.41, 5.74) is 0.496. The van der Waals surface area contributed by atoms with E-state index in [0.29, 0.717) is 6.42 Å². The molecule has 5 heteroatoms. The van der Waals surface area contributed by atoms with Crippen molar-refractivity contribution in [1.82, 2.24) is 0 Å². The van der Waals surface area contributed by atoms with Crippen molar-refractivity contribution in [2.45, 2.75) is 69.3 Å². The fraction of sp³-hybridized carbons (Fsp3) is 0.526. The molecular formula is C19H28O3S2. The smallest absolute Gasteiger partial charge is 0.310 e. The molecule has 0 aliphatic carbocycles. The fourth-order valence-electron chi connectivity index (χ4n) is 1.78. The summed E-state index contributed by atoms with van der Waals surface area (Å²) in [6.45, 7) is 10.1. The highest BCUT2D eigenvalue weighted by atomic mass is 33.1. The average Bonchev–Trinajstić information content (AvgIpc) is 2.48. The van der Waals surface area contributed by atoms with Gasteiger partial charge in [-0.2, -0.15) is 0 Å². The maximum atomic E-state index is 11.6. The Morgan fingerprint density at radius 3 is 2.29 bits per heavy atom. The van der Waals surface area contributed by atoms with Crippen LogP contribution in [0, 0.1) is 0 Å². The van der Waals surface area contributed by atoms with Crippen LogP contribution in [0.5, 0.6) is 0 Å². The summed E-state index contributed by atoms with van der Waals surface area (Å²) >= 11 is 0. The lowest BCUT2D eigenvalue weighted by Gasteiger charge is -2.21. The second-order valence-electron chi connectivity index (χ2n) is 7.19. The third-order valence-electron chi connectivity index (χ3n) is 2.95. The first-order valence-corrected chi connectivity index (χ1v) is 10.2. The van der Waals surface area contributed by atoms with Crippen LogP contribution in [0.3, 0.4) is 0 Å². The van der Waals surface area contributed by atoms with Gasteiger partial charge in [-0.25, -0.2) is 0 Å². The van der Waals surface area contributed by atoms with E-state index < -0.39 is 5.60 Å². The molecule has 3 nitrogen and oxygen atoms in total.